The summed E-state index contributed by atoms with van der Waals surface area (Å²) < 4.78 is 0. The average Bonchev–Trinajstić information content (AvgIpc) is 3.59. The molecule has 0 spiro atoms. The molecule has 2 heterocycles. The van der Waals surface area contributed by atoms with Crippen molar-refractivity contribution in [3.05, 3.63) is 29.8 Å². The highest BCUT2D eigenvalue weighted by atomic mass is 16.4. The Labute approximate surface area is 221 Å². The first-order valence-corrected chi connectivity index (χ1v) is 12.9. The second kappa shape index (κ2) is 13.6. The summed E-state index contributed by atoms with van der Waals surface area (Å²) in [5.74, 6) is -2.47. The largest absolute Gasteiger partial charge is 0.508 e. The molecule has 2 saturated heterocycles. The first-order valence-electron chi connectivity index (χ1n) is 12.9. The van der Waals surface area contributed by atoms with Crippen molar-refractivity contribution >= 4 is 29.7 Å². The number of aliphatic imine (C=N–C) groups is 1. The number of phenols is 1. The highest BCUT2D eigenvalue weighted by Crippen LogP contribution is 2.21. The molecule has 0 bridgehead atoms. The van der Waals surface area contributed by atoms with Gasteiger partial charge in [0.2, 0.25) is 17.7 Å². The number of hydrogen-bond acceptors (Lipinski definition) is 7. The van der Waals surface area contributed by atoms with Crippen LogP contribution in [0.15, 0.2) is 29.3 Å². The van der Waals surface area contributed by atoms with Crippen molar-refractivity contribution in [2.24, 2.45) is 16.5 Å². The van der Waals surface area contributed by atoms with Gasteiger partial charge in [0.15, 0.2) is 5.96 Å². The van der Waals surface area contributed by atoms with Gasteiger partial charge >= 0.3 is 5.97 Å². The standard InChI is InChI=1S/C25H37N7O6/c26-25(27)29-12-2-5-18(30-21(34)17-4-1-11-28-17)23(36)32-13-3-6-20(32)22(35)31-19(24(37)38)14-15-7-9-16(33)10-8-15/h7-10,17-20,28,33H,1-6,11-14H2,(H,30,34)(H,31,35)(H,37,38)(H4,26,27,29). The molecule has 1 aromatic rings. The Bertz CT molecular complexity index is 1020. The minimum atomic E-state index is -1.21. The minimum absolute atomic E-state index is 0.0138. The summed E-state index contributed by atoms with van der Waals surface area (Å²) in [7, 11) is 0. The lowest BCUT2D eigenvalue weighted by atomic mass is 10.0. The molecule has 9 N–H and O–H groups in total. The van der Waals surface area contributed by atoms with E-state index in [9.17, 15) is 29.4 Å². The van der Waals surface area contributed by atoms with Crippen LogP contribution in [-0.2, 0) is 25.6 Å². The Hall–Kier alpha value is -3.87. The summed E-state index contributed by atoms with van der Waals surface area (Å²) in [5, 5.41) is 27.6. The SMILES string of the molecule is NC(N)=NCCCC(NC(=O)C1CCCN1)C(=O)N1CCCC1C(=O)NC(Cc1ccc(O)cc1)C(=O)O. The van der Waals surface area contributed by atoms with Crippen molar-refractivity contribution in [1.82, 2.24) is 20.9 Å². The number of rotatable bonds is 12. The predicted molar refractivity (Wildman–Crippen MR) is 139 cm³/mol. The third-order valence-electron chi connectivity index (χ3n) is 6.77. The normalized spacial score (nSPS) is 20.4. The molecule has 4 unspecified atom stereocenters. The molecule has 2 fully saturated rings. The number of carboxylic acids is 1. The van der Waals surface area contributed by atoms with Crippen molar-refractivity contribution in [3.8, 4) is 5.75 Å². The molecule has 13 nitrogen and oxygen atoms in total. The summed E-state index contributed by atoms with van der Waals surface area (Å²) >= 11 is 0. The number of carboxylic acid groups (broad SMARTS) is 1. The van der Waals surface area contributed by atoms with E-state index in [1.807, 2.05) is 0 Å². The minimum Gasteiger partial charge on any atom is -0.508 e. The van der Waals surface area contributed by atoms with Gasteiger partial charge in [-0.05, 0) is 62.8 Å². The molecule has 0 saturated carbocycles. The number of benzene rings is 1. The lowest BCUT2D eigenvalue weighted by Gasteiger charge is -2.30. The Morgan fingerprint density at radius 1 is 1.05 bits per heavy atom. The maximum Gasteiger partial charge on any atom is 0.326 e. The first kappa shape index (κ1) is 28.7. The molecular weight excluding hydrogens is 494 g/mol. The first-order chi connectivity index (χ1) is 18.2. The number of carbonyl (C=O) groups excluding carboxylic acids is 3. The van der Waals surface area contributed by atoms with E-state index in [4.69, 9.17) is 11.5 Å². The number of nitrogens with two attached hydrogens (primary N) is 2. The number of nitrogens with one attached hydrogen (secondary N) is 3. The predicted octanol–water partition coefficient (Wildman–Crippen LogP) is -1.21. The molecule has 0 radical (unpaired) electrons. The third kappa shape index (κ3) is 8.07. The highest BCUT2D eigenvalue weighted by Gasteiger charge is 2.39. The number of aliphatic carboxylic acids is 1. The topological polar surface area (TPSA) is 212 Å². The summed E-state index contributed by atoms with van der Waals surface area (Å²) in [5.41, 5.74) is 11.4. The van der Waals surface area contributed by atoms with Gasteiger partial charge in [0.05, 0.1) is 6.04 Å². The number of likely N-dealkylation sites (tertiary alicyclic amines) is 1. The van der Waals surface area contributed by atoms with E-state index in [1.54, 1.807) is 12.1 Å². The zero-order valence-corrected chi connectivity index (χ0v) is 21.3. The van der Waals surface area contributed by atoms with Gasteiger partial charge in [-0.15, -0.1) is 0 Å². The van der Waals surface area contributed by atoms with E-state index >= 15 is 0 Å². The van der Waals surface area contributed by atoms with Crippen LogP contribution in [0.1, 0.15) is 44.1 Å². The Morgan fingerprint density at radius 3 is 2.39 bits per heavy atom. The van der Waals surface area contributed by atoms with E-state index in [0.29, 0.717) is 37.8 Å². The van der Waals surface area contributed by atoms with Crippen molar-refractivity contribution in [3.63, 3.8) is 0 Å². The van der Waals surface area contributed by atoms with Gasteiger partial charge in [0.25, 0.3) is 0 Å². The second-order valence-corrected chi connectivity index (χ2v) is 9.62. The summed E-state index contributed by atoms with van der Waals surface area (Å²) in [6.45, 7) is 1.32. The Kier molecular flexibility index (Phi) is 10.3. The summed E-state index contributed by atoms with van der Waals surface area (Å²) in [6, 6.07) is 2.72. The number of aromatic hydroxyl groups is 1. The quantitative estimate of drug-likeness (QED) is 0.0977. The van der Waals surface area contributed by atoms with Crippen molar-refractivity contribution in [1.29, 1.82) is 0 Å². The lowest BCUT2D eigenvalue weighted by molar-refractivity contribution is -0.145. The van der Waals surface area contributed by atoms with Gasteiger partial charge in [0.1, 0.15) is 23.9 Å². The fourth-order valence-corrected chi connectivity index (χ4v) is 4.78. The van der Waals surface area contributed by atoms with Crippen LogP contribution < -0.4 is 27.4 Å². The summed E-state index contributed by atoms with van der Waals surface area (Å²) in [6.07, 6.45) is 3.21. The molecule has 13 heteroatoms. The zero-order valence-electron chi connectivity index (χ0n) is 21.3. The Morgan fingerprint density at radius 2 is 1.76 bits per heavy atom. The van der Waals surface area contributed by atoms with Gasteiger partial charge in [0, 0.05) is 19.5 Å². The molecule has 4 atom stereocenters. The highest BCUT2D eigenvalue weighted by molar-refractivity contribution is 5.94. The molecule has 38 heavy (non-hydrogen) atoms. The van der Waals surface area contributed by atoms with Gasteiger partial charge in [-0.2, -0.15) is 0 Å². The number of amides is 3. The number of hydrogen-bond donors (Lipinski definition) is 7. The van der Waals surface area contributed by atoms with Crippen molar-refractivity contribution < 1.29 is 29.4 Å². The van der Waals surface area contributed by atoms with E-state index in [2.05, 4.69) is 20.9 Å². The molecule has 3 rings (SSSR count). The molecule has 0 aliphatic carbocycles. The monoisotopic (exact) mass is 531 g/mol. The van der Waals surface area contributed by atoms with Crippen LogP contribution in [0.3, 0.4) is 0 Å². The van der Waals surface area contributed by atoms with E-state index in [-0.39, 0.29) is 43.0 Å². The van der Waals surface area contributed by atoms with Crippen molar-refractivity contribution in [2.45, 2.75) is 69.1 Å². The molecule has 2 aliphatic rings. The fourth-order valence-electron chi connectivity index (χ4n) is 4.78. The number of phenolic OH excluding ortho intramolecular Hbond substituents is 1. The van der Waals surface area contributed by atoms with E-state index in [0.717, 1.165) is 13.0 Å². The third-order valence-corrected chi connectivity index (χ3v) is 6.77. The zero-order chi connectivity index (χ0) is 27.7. The molecule has 208 valence electrons. The molecule has 1 aromatic carbocycles. The molecule has 0 aromatic heterocycles. The molecular formula is C25H37N7O6. The van der Waals surface area contributed by atoms with Crippen LogP contribution in [0.5, 0.6) is 5.75 Å². The maximum atomic E-state index is 13.6. The van der Waals surface area contributed by atoms with E-state index < -0.39 is 35.9 Å². The van der Waals surface area contributed by atoms with Crippen LogP contribution in [0.2, 0.25) is 0 Å². The van der Waals surface area contributed by atoms with Crippen LogP contribution >= 0.6 is 0 Å². The van der Waals surface area contributed by atoms with Crippen molar-refractivity contribution in [2.75, 3.05) is 19.6 Å². The van der Waals surface area contributed by atoms with Crippen LogP contribution in [0.25, 0.3) is 0 Å². The Balaban J connectivity index is 1.68. The number of guanidine groups is 1. The fraction of sp³-hybridized carbons (Fsp3) is 0.560. The maximum absolute atomic E-state index is 13.6. The van der Waals surface area contributed by atoms with E-state index in [1.165, 1.54) is 17.0 Å². The van der Waals surface area contributed by atoms with Gasteiger partial charge < -0.3 is 42.5 Å². The molecule has 2 aliphatic heterocycles. The lowest BCUT2D eigenvalue weighted by Crippen LogP contribution is -2.56. The van der Waals surface area contributed by atoms with Gasteiger partial charge in [-0.1, -0.05) is 12.1 Å². The number of carbonyl (C=O) groups is 4. The second-order valence-electron chi connectivity index (χ2n) is 9.62. The average molecular weight is 532 g/mol. The number of nitrogens with zero attached hydrogens (tertiary/aromatic N) is 2. The smallest absolute Gasteiger partial charge is 0.326 e. The van der Waals surface area contributed by atoms with Crippen LogP contribution in [-0.4, -0.2) is 88.6 Å². The van der Waals surface area contributed by atoms with Crippen LogP contribution in [0.4, 0.5) is 0 Å². The summed E-state index contributed by atoms with van der Waals surface area (Å²) in [4.78, 5) is 56.7. The van der Waals surface area contributed by atoms with Crippen LogP contribution in [0, 0.1) is 0 Å². The van der Waals surface area contributed by atoms with Gasteiger partial charge in [-0.25, -0.2) is 4.79 Å². The molecule has 3 amide bonds. The van der Waals surface area contributed by atoms with Gasteiger partial charge in [-0.3, -0.25) is 19.4 Å².